The second-order valence-corrected chi connectivity index (χ2v) is 4.77. The van der Waals surface area contributed by atoms with Crippen LogP contribution in [-0.2, 0) is 6.18 Å². The minimum absolute atomic E-state index is 0.00621. The average molecular weight is 322 g/mol. The van der Waals surface area contributed by atoms with Crippen molar-refractivity contribution in [3.63, 3.8) is 0 Å². The predicted octanol–water partition coefficient (Wildman–Crippen LogP) is 4.52. The molecule has 0 aliphatic heterocycles. The molecule has 0 N–H and O–H groups in total. The van der Waals surface area contributed by atoms with Crippen molar-refractivity contribution in [1.29, 1.82) is 0 Å². The van der Waals surface area contributed by atoms with Crippen LogP contribution in [-0.4, -0.2) is 11.8 Å². The van der Waals surface area contributed by atoms with Crippen LogP contribution in [0.4, 0.5) is 13.2 Å². The van der Waals surface area contributed by atoms with E-state index in [9.17, 15) is 22.8 Å². The highest BCUT2D eigenvalue weighted by Gasteiger charge is 2.30. The van der Waals surface area contributed by atoms with Gasteiger partial charge in [-0.15, -0.1) is 0 Å². The summed E-state index contributed by atoms with van der Waals surface area (Å²) in [5.41, 5.74) is -0.329. The molecule has 0 unspecified atom stereocenters. The van der Waals surface area contributed by atoms with E-state index in [0.717, 1.165) is 24.3 Å². The van der Waals surface area contributed by atoms with E-state index in [2.05, 4.69) is 0 Å². The van der Waals surface area contributed by atoms with Crippen molar-refractivity contribution in [2.45, 2.75) is 19.5 Å². The summed E-state index contributed by atoms with van der Waals surface area (Å²) in [4.78, 5) is 23.4. The Morgan fingerprint density at radius 1 is 0.913 bits per heavy atom. The van der Waals surface area contributed by atoms with Gasteiger partial charge in [0.05, 0.1) is 11.1 Å². The lowest BCUT2D eigenvalue weighted by Gasteiger charge is -2.08. The number of hydrogen-bond donors (Lipinski definition) is 0. The molecule has 0 bridgehead atoms. The fourth-order valence-corrected chi connectivity index (χ4v) is 1.87. The Kier molecular flexibility index (Phi) is 4.83. The number of carbonyl (C=O) groups excluding carboxylic acids is 2. The fourth-order valence-electron chi connectivity index (χ4n) is 1.87. The monoisotopic (exact) mass is 322 g/mol. The molecule has 3 nitrogen and oxygen atoms in total. The molecule has 0 aliphatic carbocycles. The first kappa shape index (κ1) is 16.7. The topological polar surface area (TPSA) is 43.4 Å². The predicted molar refractivity (Wildman–Crippen MR) is 77.5 cm³/mol. The molecule has 120 valence electrons. The van der Waals surface area contributed by atoms with E-state index >= 15 is 0 Å². The van der Waals surface area contributed by atoms with E-state index in [4.69, 9.17) is 4.74 Å². The van der Waals surface area contributed by atoms with Crippen LogP contribution in [0.25, 0.3) is 0 Å². The summed E-state index contributed by atoms with van der Waals surface area (Å²) in [5.74, 6) is -0.596. The van der Waals surface area contributed by atoms with Crippen LogP contribution in [0.3, 0.4) is 0 Å². The zero-order valence-corrected chi connectivity index (χ0v) is 12.2. The minimum atomic E-state index is -4.45. The molecule has 0 atom stereocenters. The summed E-state index contributed by atoms with van der Waals surface area (Å²) >= 11 is 0. The Balaban J connectivity index is 2.08. The van der Waals surface area contributed by atoms with Crippen LogP contribution in [0.5, 0.6) is 5.75 Å². The van der Waals surface area contributed by atoms with Gasteiger partial charge < -0.3 is 4.74 Å². The van der Waals surface area contributed by atoms with Gasteiger partial charge in [0.2, 0.25) is 0 Å². The van der Waals surface area contributed by atoms with Crippen molar-refractivity contribution in [3.05, 3.63) is 65.2 Å². The van der Waals surface area contributed by atoms with Crippen molar-refractivity contribution in [2.75, 3.05) is 0 Å². The van der Waals surface area contributed by atoms with E-state index in [1.54, 1.807) is 6.92 Å². The summed E-state index contributed by atoms with van der Waals surface area (Å²) in [6.07, 6.45) is -4.09. The summed E-state index contributed by atoms with van der Waals surface area (Å²) in [7, 11) is 0. The zero-order chi connectivity index (χ0) is 17.0. The van der Waals surface area contributed by atoms with Crippen molar-refractivity contribution >= 4 is 11.8 Å². The van der Waals surface area contributed by atoms with Crippen LogP contribution in [0.1, 0.15) is 39.6 Å². The summed E-state index contributed by atoms with van der Waals surface area (Å²) in [5, 5.41) is 0. The number of halogens is 3. The first-order chi connectivity index (χ1) is 10.8. The molecule has 0 aromatic heterocycles. The number of benzene rings is 2. The highest BCUT2D eigenvalue weighted by atomic mass is 19.4. The Bertz CT molecular complexity index is 701. The van der Waals surface area contributed by atoms with Crippen molar-refractivity contribution < 1.29 is 27.5 Å². The molecule has 2 aromatic carbocycles. The molecule has 6 heteroatoms. The van der Waals surface area contributed by atoms with Crippen molar-refractivity contribution in [2.24, 2.45) is 0 Å². The van der Waals surface area contributed by atoms with Gasteiger partial charge in [-0.1, -0.05) is 6.92 Å². The fraction of sp³-hybridized carbons (Fsp3) is 0.176. The summed E-state index contributed by atoms with van der Waals surface area (Å²) < 4.78 is 42.4. The molecule has 0 saturated carbocycles. The molecule has 0 saturated heterocycles. The second-order valence-electron chi connectivity index (χ2n) is 4.77. The van der Waals surface area contributed by atoms with Crippen LogP contribution >= 0.6 is 0 Å². The molecule has 23 heavy (non-hydrogen) atoms. The first-order valence-corrected chi connectivity index (χ1v) is 6.84. The molecule has 0 fully saturated rings. The quantitative estimate of drug-likeness (QED) is 0.472. The van der Waals surface area contributed by atoms with Crippen LogP contribution < -0.4 is 4.74 Å². The normalized spacial score (nSPS) is 11.1. The molecule has 0 aliphatic rings. The smallest absolute Gasteiger partial charge is 0.416 e. The molecule has 2 aromatic rings. The Labute approximate surface area is 130 Å². The third-order valence-electron chi connectivity index (χ3n) is 3.16. The molecule has 2 rings (SSSR count). The number of rotatable bonds is 4. The maximum absolute atomic E-state index is 12.5. The van der Waals surface area contributed by atoms with Crippen LogP contribution in [0.2, 0.25) is 0 Å². The lowest BCUT2D eigenvalue weighted by Crippen LogP contribution is -2.10. The molecule has 0 spiro atoms. The molecular formula is C17H13F3O3. The standard InChI is InChI=1S/C17H13F3O3/c1-2-15(21)11-5-9-14(10-6-11)23-16(22)12-3-7-13(8-4-12)17(18,19)20/h3-10H,2H2,1H3. The van der Waals surface area contributed by atoms with Gasteiger partial charge in [0.1, 0.15) is 5.75 Å². The van der Waals surface area contributed by atoms with Crippen molar-refractivity contribution in [1.82, 2.24) is 0 Å². The second kappa shape index (κ2) is 6.64. The minimum Gasteiger partial charge on any atom is -0.423 e. The lowest BCUT2D eigenvalue weighted by atomic mass is 10.1. The SMILES string of the molecule is CCC(=O)c1ccc(OC(=O)c2ccc(C(F)(F)F)cc2)cc1. The van der Waals surface area contributed by atoms with Gasteiger partial charge in [0, 0.05) is 12.0 Å². The summed E-state index contributed by atoms with van der Waals surface area (Å²) in [6, 6.07) is 9.73. The molecule has 0 radical (unpaired) electrons. The van der Waals surface area contributed by atoms with E-state index in [-0.39, 0.29) is 17.1 Å². The molecule has 0 heterocycles. The number of ether oxygens (including phenoxy) is 1. The van der Waals surface area contributed by atoms with Gasteiger partial charge in [-0.25, -0.2) is 4.79 Å². The van der Waals surface area contributed by atoms with Crippen LogP contribution in [0.15, 0.2) is 48.5 Å². The number of hydrogen-bond acceptors (Lipinski definition) is 3. The number of carbonyl (C=O) groups is 2. The number of ketones is 1. The lowest BCUT2D eigenvalue weighted by molar-refractivity contribution is -0.137. The van der Waals surface area contributed by atoms with Gasteiger partial charge >= 0.3 is 12.1 Å². The third kappa shape index (κ3) is 4.18. The van der Waals surface area contributed by atoms with E-state index < -0.39 is 17.7 Å². The van der Waals surface area contributed by atoms with E-state index in [1.165, 1.54) is 24.3 Å². The highest BCUT2D eigenvalue weighted by molar-refractivity contribution is 5.96. The highest BCUT2D eigenvalue weighted by Crippen LogP contribution is 2.29. The maximum Gasteiger partial charge on any atom is 0.416 e. The van der Waals surface area contributed by atoms with Gasteiger partial charge in [-0.2, -0.15) is 13.2 Å². The van der Waals surface area contributed by atoms with Crippen LogP contribution in [0, 0.1) is 0 Å². The summed E-state index contributed by atoms with van der Waals surface area (Å²) in [6.45, 7) is 1.74. The largest absolute Gasteiger partial charge is 0.423 e. The molecule has 0 amide bonds. The number of Topliss-reactive ketones (excluding diaryl/α,β-unsaturated/α-hetero) is 1. The molecular weight excluding hydrogens is 309 g/mol. The number of esters is 1. The zero-order valence-electron chi connectivity index (χ0n) is 12.2. The Hall–Kier alpha value is -2.63. The van der Waals surface area contributed by atoms with Gasteiger partial charge in [-0.05, 0) is 48.5 Å². The third-order valence-corrected chi connectivity index (χ3v) is 3.16. The Morgan fingerprint density at radius 2 is 1.43 bits per heavy atom. The average Bonchev–Trinajstić information content (AvgIpc) is 2.54. The number of alkyl halides is 3. The van der Waals surface area contributed by atoms with Gasteiger partial charge in [0.25, 0.3) is 0 Å². The first-order valence-electron chi connectivity index (χ1n) is 6.84. The van der Waals surface area contributed by atoms with E-state index in [1.807, 2.05) is 0 Å². The maximum atomic E-state index is 12.5. The van der Waals surface area contributed by atoms with Gasteiger partial charge in [0.15, 0.2) is 5.78 Å². The van der Waals surface area contributed by atoms with Crippen molar-refractivity contribution in [3.8, 4) is 5.75 Å². The van der Waals surface area contributed by atoms with Gasteiger partial charge in [-0.3, -0.25) is 4.79 Å². The van der Waals surface area contributed by atoms with E-state index in [0.29, 0.717) is 12.0 Å². The Morgan fingerprint density at radius 3 is 1.91 bits per heavy atom.